The van der Waals surface area contributed by atoms with Gasteiger partial charge in [-0.3, -0.25) is 0 Å². The highest BCUT2D eigenvalue weighted by Gasteiger charge is 1.91. The summed E-state index contributed by atoms with van der Waals surface area (Å²) in [6, 6.07) is 0. The van der Waals surface area contributed by atoms with Crippen molar-refractivity contribution in [1.29, 1.82) is 0 Å². The van der Waals surface area contributed by atoms with Crippen LogP contribution in [0.15, 0.2) is 12.2 Å². The van der Waals surface area contributed by atoms with Crippen LogP contribution < -0.4 is 0 Å². The summed E-state index contributed by atoms with van der Waals surface area (Å²) in [6.45, 7) is 3.87. The Morgan fingerprint density at radius 2 is 2.25 bits per heavy atom. The normalized spacial score (nSPS) is 14.2. The Hall–Kier alpha value is -0.590. The van der Waals surface area contributed by atoms with E-state index in [-0.39, 0.29) is 5.92 Å². The second kappa shape index (κ2) is 4.57. The van der Waals surface area contributed by atoms with Gasteiger partial charge in [-0.1, -0.05) is 19.1 Å². The lowest BCUT2D eigenvalue weighted by Gasteiger charge is -1.92. The van der Waals surface area contributed by atoms with Gasteiger partial charge in [0.1, 0.15) is 6.29 Å². The van der Waals surface area contributed by atoms with Crippen molar-refractivity contribution in [3.8, 4) is 0 Å². The number of hydrogen-bond donors (Lipinski definition) is 0. The topological polar surface area (TPSA) is 17.1 Å². The Kier molecular flexibility index (Phi) is 4.23. The summed E-state index contributed by atoms with van der Waals surface area (Å²) in [5.74, 6) is 0.186. The number of hydrogen-bond acceptors (Lipinski definition) is 1. The Labute approximate surface area is 50.4 Å². The molecule has 0 fully saturated rings. The number of carbonyl (C=O) groups is 1. The number of aldehydes is 1. The van der Waals surface area contributed by atoms with Gasteiger partial charge in [0.25, 0.3) is 0 Å². The molecule has 0 aromatic carbocycles. The maximum absolute atomic E-state index is 9.98. The third-order valence-electron chi connectivity index (χ3n) is 0.976. The van der Waals surface area contributed by atoms with Crippen molar-refractivity contribution in [2.24, 2.45) is 5.92 Å². The third-order valence-corrected chi connectivity index (χ3v) is 0.976. The van der Waals surface area contributed by atoms with Crippen LogP contribution in [0.2, 0.25) is 0 Å². The smallest absolute Gasteiger partial charge is 0.123 e. The maximum Gasteiger partial charge on any atom is 0.123 e. The molecule has 0 radical (unpaired) electrons. The molecule has 0 aromatic rings. The van der Waals surface area contributed by atoms with Crippen LogP contribution in [0.3, 0.4) is 0 Å². The average Bonchev–Trinajstić information content (AvgIpc) is 1.83. The van der Waals surface area contributed by atoms with Gasteiger partial charge in [-0.2, -0.15) is 0 Å². The van der Waals surface area contributed by atoms with Gasteiger partial charge in [-0.05, 0) is 13.3 Å². The van der Waals surface area contributed by atoms with E-state index in [1.807, 2.05) is 26.0 Å². The lowest BCUT2D eigenvalue weighted by molar-refractivity contribution is -0.110. The van der Waals surface area contributed by atoms with Gasteiger partial charge in [0.2, 0.25) is 0 Å². The molecule has 8 heavy (non-hydrogen) atoms. The van der Waals surface area contributed by atoms with Crippen molar-refractivity contribution in [1.82, 2.24) is 0 Å². The zero-order chi connectivity index (χ0) is 6.41. The maximum atomic E-state index is 9.98. The molecule has 0 rings (SSSR count). The fourth-order valence-corrected chi connectivity index (χ4v) is 0.406. The van der Waals surface area contributed by atoms with Crippen molar-refractivity contribution >= 4 is 6.29 Å². The second-order valence-corrected chi connectivity index (χ2v) is 1.92. The molecule has 0 aliphatic carbocycles. The summed E-state index contributed by atoms with van der Waals surface area (Å²) in [7, 11) is 0. The summed E-state index contributed by atoms with van der Waals surface area (Å²) in [5, 5.41) is 0. The van der Waals surface area contributed by atoms with Crippen LogP contribution in [0.4, 0.5) is 0 Å². The van der Waals surface area contributed by atoms with Crippen molar-refractivity contribution in [2.45, 2.75) is 20.3 Å². The Morgan fingerprint density at radius 3 is 2.62 bits per heavy atom. The van der Waals surface area contributed by atoms with Crippen molar-refractivity contribution in [3.63, 3.8) is 0 Å². The lowest BCUT2D eigenvalue weighted by atomic mass is 10.1. The number of rotatable bonds is 3. The Morgan fingerprint density at radius 1 is 1.62 bits per heavy atom. The van der Waals surface area contributed by atoms with Gasteiger partial charge in [0.05, 0.1) is 0 Å². The highest BCUT2D eigenvalue weighted by atomic mass is 16.1. The predicted molar refractivity (Wildman–Crippen MR) is 34.7 cm³/mol. The van der Waals surface area contributed by atoms with Crippen LogP contribution in [-0.4, -0.2) is 6.29 Å². The summed E-state index contributed by atoms with van der Waals surface area (Å²) in [6.07, 6.45) is 5.80. The van der Waals surface area contributed by atoms with E-state index in [1.54, 1.807) is 0 Å². The van der Waals surface area contributed by atoms with Crippen molar-refractivity contribution < 1.29 is 4.79 Å². The fourth-order valence-electron chi connectivity index (χ4n) is 0.406. The van der Waals surface area contributed by atoms with E-state index >= 15 is 0 Å². The third kappa shape index (κ3) is 3.59. The van der Waals surface area contributed by atoms with Crippen LogP contribution in [-0.2, 0) is 4.79 Å². The standard InChI is InChI=1S/C7H12O/c1-3-4-5-7(2)6-8/h3-4,6-7H,5H2,1-2H3/b4-3+/t7-/m0/s1. The first-order valence-corrected chi connectivity index (χ1v) is 2.87. The molecule has 0 aromatic heterocycles. The molecule has 0 saturated heterocycles. The monoisotopic (exact) mass is 112 g/mol. The Balaban J connectivity index is 3.23. The van der Waals surface area contributed by atoms with Crippen molar-refractivity contribution in [3.05, 3.63) is 12.2 Å². The molecule has 1 atom stereocenters. The first-order valence-electron chi connectivity index (χ1n) is 2.87. The molecule has 0 heterocycles. The van der Waals surface area contributed by atoms with Gasteiger partial charge in [0, 0.05) is 5.92 Å². The molecule has 0 unspecified atom stereocenters. The van der Waals surface area contributed by atoms with Crippen LogP contribution in [0.25, 0.3) is 0 Å². The van der Waals surface area contributed by atoms with Gasteiger partial charge >= 0.3 is 0 Å². The van der Waals surface area contributed by atoms with E-state index in [4.69, 9.17) is 0 Å². The quantitative estimate of drug-likeness (QED) is 0.402. The predicted octanol–water partition coefficient (Wildman–Crippen LogP) is 1.79. The van der Waals surface area contributed by atoms with Gasteiger partial charge in [-0.25, -0.2) is 0 Å². The van der Waals surface area contributed by atoms with E-state index < -0.39 is 0 Å². The molecule has 46 valence electrons. The van der Waals surface area contributed by atoms with E-state index in [9.17, 15) is 4.79 Å². The number of carbonyl (C=O) groups excluding carboxylic acids is 1. The minimum absolute atomic E-state index is 0.186. The SMILES string of the molecule is C/C=C/C[C@H](C)C=O. The minimum atomic E-state index is 0.186. The summed E-state index contributed by atoms with van der Waals surface area (Å²) >= 11 is 0. The van der Waals surface area contributed by atoms with Gasteiger partial charge < -0.3 is 4.79 Å². The minimum Gasteiger partial charge on any atom is -0.303 e. The molecular weight excluding hydrogens is 100 g/mol. The lowest BCUT2D eigenvalue weighted by Crippen LogP contribution is -1.91. The van der Waals surface area contributed by atoms with Gasteiger partial charge in [0.15, 0.2) is 0 Å². The highest BCUT2D eigenvalue weighted by Crippen LogP contribution is 1.96. The molecule has 0 aliphatic rings. The van der Waals surface area contributed by atoms with E-state index in [1.165, 1.54) is 0 Å². The molecule has 0 saturated carbocycles. The van der Waals surface area contributed by atoms with Crippen LogP contribution in [0, 0.1) is 5.92 Å². The molecule has 1 nitrogen and oxygen atoms in total. The first-order chi connectivity index (χ1) is 3.81. The fraction of sp³-hybridized carbons (Fsp3) is 0.571. The zero-order valence-corrected chi connectivity index (χ0v) is 5.42. The van der Waals surface area contributed by atoms with E-state index in [0.717, 1.165) is 12.7 Å². The molecule has 0 bridgehead atoms. The molecule has 0 aliphatic heterocycles. The molecular formula is C7H12O. The van der Waals surface area contributed by atoms with Crippen LogP contribution in [0.5, 0.6) is 0 Å². The largest absolute Gasteiger partial charge is 0.303 e. The highest BCUT2D eigenvalue weighted by molar-refractivity contribution is 5.52. The summed E-state index contributed by atoms with van der Waals surface area (Å²) < 4.78 is 0. The first kappa shape index (κ1) is 7.41. The number of allylic oxidation sites excluding steroid dienone is 2. The molecule has 0 spiro atoms. The Bertz CT molecular complexity index is 84.4. The van der Waals surface area contributed by atoms with Gasteiger partial charge in [-0.15, -0.1) is 0 Å². The zero-order valence-electron chi connectivity index (χ0n) is 5.42. The second-order valence-electron chi connectivity index (χ2n) is 1.92. The van der Waals surface area contributed by atoms with E-state index in [2.05, 4.69) is 0 Å². The molecule has 0 N–H and O–H groups in total. The van der Waals surface area contributed by atoms with Crippen LogP contribution >= 0.6 is 0 Å². The summed E-state index contributed by atoms with van der Waals surface area (Å²) in [5.41, 5.74) is 0. The van der Waals surface area contributed by atoms with Crippen LogP contribution in [0.1, 0.15) is 20.3 Å². The molecule has 0 amide bonds. The van der Waals surface area contributed by atoms with E-state index in [0.29, 0.717) is 0 Å². The summed E-state index contributed by atoms with van der Waals surface area (Å²) in [4.78, 5) is 9.98. The van der Waals surface area contributed by atoms with Crippen molar-refractivity contribution in [2.75, 3.05) is 0 Å². The molecule has 1 heteroatoms. The average molecular weight is 112 g/mol.